The number of carbonyl (C=O) groups is 1. The van der Waals surface area contributed by atoms with E-state index in [0.29, 0.717) is 28.6 Å². The molecule has 3 aromatic heterocycles. The first-order valence-corrected chi connectivity index (χ1v) is 11.6. The van der Waals surface area contributed by atoms with Gasteiger partial charge in [0.05, 0.1) is 29.4 Å². The number of fused-ring (bicyclic) bond motifs is 1. The zero-order chi connectivity index (χ0) is 24.5. The number of amides is 1. The molecule has 2 aromatic carbocycles. The third kappa shape index (κ3) is 4.22. The number of aryl methyl sites for hydroxylation is 1. The number of primary amides is 1. The highest BCUT2D eigenvalue weighted by molar-refractivity contribution is 7.17. The Morgan fingerprint density at radius 1 is 1.11 bits per heavy atom. The summed E-state index contributed by atoms with van der Waals surface area (Å²) in [5, 5.41) is 5.06. The van der Waals surface area contributed by atoms with Gasteiger partial charge in [-0.25, -0.2) is 13.9 Å². The zero-order valence-electron chi connectivity index (χ0n) is 19.0. The second-order valence-corrected chi connectivity index (χ2v) is 8.80. The normalized spacial score (nSPS) is 11.1. The van der Waals surface area contributed by atoms with Crippen molar-refractivity contribution in [2.24, 2.45) is 5.73 Å². The number of methoxy groups -OCH3 is 1. The Morgan fingerprint density at radius 3 is 2.66 bits per heavy atom. The number of aromatic nitrogens is 3. The highest BCUT2D eigenvalue weighted by atomic mass is 32.1. The van der Waals surface area contributed by atoms with E-state index in [1.807, 2.05) is 49.4 Å². The molecule has 3 heterocycles. The fraction of sp³-hybridized carbons (Fsp3) is 0.115. The molecule has 2 N–H and O–H groups in total. The van der Waals surface area contributed by atoms with Gasteiger partial charge >= 0.3 is 0 Å². The van der Waals surface area contributed by atoms with Crippen molar-refractivity contribution < 1.29 is 18.7 Å². The molecule has 5 aromatic rings. The average Bonchev–Trinajstić information content (AvgIpc) is 3.43. The number of halogens is 1. The molecule has 0 bridgehead atoms. The third-order valence-electron chi connectivity index (χ3n) is 5.53. The summed E-state index contributed by atoms with van der Waals surface area (Å²) in [7, 11) is 1.43. The van der Waals surface area contributed by atoms with Crippen molar-refractivity contribution >= 4 is 22.8 Å². The first-order chi connectivity index (χ1) is 17.0. The maximum atomic E-state index is 14.8. The summed E-state index contributed by atoms with van der Waals surface area (Å²) in [5.74, 6) is -0.338. The van der Waals surface area contributed by atoms with Crippen LogP contribution in [0.3, 0.4) is 0 Å². The Morgan fingerprint density at radius 2 is 1.91 bits per heavy atom. The summed E-state index contributed by atoms with van der Waals surface area (Å²) in [6.45, 7) is 2.27. The van der Waals surface area contributed by atoms with E-state index >= 15 is 0 Å². The number of pyridine rings is 1. The number of hydrogen-bond acceptors (Lipinski definition) is 6. The summed E-state index contributed by atoms with van der Waals surface area (Å²) in [6.07, 6.45) is 1.80. The molecule has 0 saturated heterocycles. The number of benzene rings is 2. The molecular weight excluding hydrogens is 467 g/mol. The average molecular weight is 489 g/mol. The van der Waals surface area contributed by atoms with E-state index in [1.165, 1.54) is 19.2 Å². The van der Waals surface area contributed by atoms with Gasteiger partial charge in [0.1, 0.15) is 39.5 Å². The fourth-order valence-electron chi connectivity index (χ4n) is 3.91. The molecule has 0 fully saturated rings. The van der Waals surface area contributed by atoms with Gasteiger partial charge < -0.3 is 15.2 Å². The molecule has 5 rings (SSSR count). The minimum atomic E-state index is -0.699. The van der Waals surface area contributed by atoms with E-state index in [0.717, 1.165) is 22.4 Å². The first-order valence-electron chi connectivity index (χ1n) is 10.8. The van der Waals surface area contributed by atoms with Crippen LogP contribution in [0.25, 0.3) is 27.3 Å². The second kappa shape index (κ2) is 9.19. The molecule has 176 valence electrons. The predicted molar refractivity (Wildman–Crippen MR) is 132 cm³/mol. The zero-order valence-corrected chi connectivity index (χ0v) is 19.8. The maximum absolute atomic E-state index is 14.8. The van der Waals surface area contributed by atoms with Crippen LogP contribution >= 0.6 is 11.3 Å². The van der Waals surface area contributed by atoms with Crippen LogP contribution < -0.4 is 15.2 Å². The molecule has 0 aliphatic carbocycles. The van der Waals surface area contributed by atoms with Crippen molar-refractivity contribution in [3.63, 3.8) is 0 Å². The Balaban J connectivity index is 1.60. The van der Waals surface area contributed by atoms with Crippen molar-refractivity contribution in [2.45, 2.75) is 13.5 Å². The fourth-order valence-corrected chi connectivity index (χ4v) is 4.94. The van der Waals surface area contributed by atoms with Gasteiger partial charge in [0.2, 0.25) is 0 Å². The number of nitrogens with zero attached hydrogens (tertiary/aromatic N) is 3. The van der Waals surface area contributed by atoms with E-state index < -0.39 is 11.7 Å². The Bertz CT molecular complexity index is 1550. The molecular formula is C26H21FN4O3S. The van der Waals surface area contributed by atoms with Gasteiger partial charge in [-0.05, 0) is 30.7 Å². The Kier molecular flexibility index (Phi) is 5.92. The van der Waals surface area contributed by atoms with Gasteiger partial charge in [0.25, 0.3) is 5.91 Å². The second-order valence-electron chi connectivity index (χ2n) is 7.81. The largest absolute Gasteiger partial charge is 0.496 e. The monoisotopic (exact) mass is 488 g/mol. The van der Waals surface area contributed by atoms with Crippen LogP contribution in [0.4, 0.5) is 4.39 Å². The quantitative estimate of drug-likeness (QED) is 0.337. The summed E-state index contributed by atoms with van der Waals surface area (Å²) >= 11 is 1.09. The standard InChI is InChI=1S/C26H21FN4O3S/c1-15-21(19-13-17(11-12-31(19)30-15)34-14-16-7-4-3-5-8-16)26-29-23(24(35-26)25(28)32)22-18(27)9-6-10-20(22)33-2/h3-13H,14H2,1-2H3,(H2,28,32). The summed E-state index contributed by atoms with van der Waals surface area (Å²) < 4.78 is 27.9. The molecule has 0 unspecified atom stereocenters. The molecule has 0 spiro atoms. The lowest BCUT2D eigenvalue weighted by molar-refractivity contribution is 0.100. The first kappa shape index (κ1) is 22.5. The van der Waals surface area contributed by atoms with Crippen LogP contribution in [0, 0.1) is 12.7 Å². The van der Waals surface area contributed by atoms with Gasteiger partial charge in [0, 0.05) is 12.3 Å². The van der Waals surface area contributed by atoms with E-state index in [2.05, 4.69) is 10.1 Å². The molecule has 0 saturated carbocycles. The molecule has 1 amide bonds. The van der Waals surface area contributed by atoms with Crippen LogP contribution in [0.15, 0.2) is 66.9 Å². The van der Waals surface area contributed by atoms with Crippen molar-refractivity contribution in [2.75, 3.05) is 7.11 Å². The van der Waals surface area contributed by atoms with Gasteiger partial charge in [0.15, 0.2) is 0 Å². The van der Waals surface area contributed by atoms with Gasteiger partial charge in [-0.2, -0.15) is 5.10 Å². The SMILES string of the molecule is COc1cccc(F)c1-c1nc(-c2c(C)nn3ccc(OCc4ccccc4)cc23)sc1C(N)=O. The van der Waals surface area contributed by atoms with E-state index in [1.54, 1.807) is 16.8 Å². The van der Waals surface area contributed by atoms with Crippen LogP contribution in [0.1, 0.15) is 20.9 Å². The molecule has 7 nitrogen and oxygen atoms in total. The lowest BCUT2D eigenvalue weighted by atomic mass is 10.1. The number of ether oxygens (including phenoxy) is 2. The number of hydrogen-bond donors (Lipinski definition) is 1. The van der Waals surface area contributed by atoms with Crippen LogP contribution in [0.5, 0.6) is 11.5 Å². The third-order valence-corrected chi connectivity index (χ3v) is 6.61. The van der Waals surface area contributed by atoms with Gasteiger partial charge in [-0.3, -0.25) is 4.79 Å². The predicted octanol–water partition coefficient (Wildman–Crippen LogP) is 5.26. The van der Waals surface area contributed by atoms with Crippen molar-refractivity contribution in [3.8, 4) is 33.3 Å². The van der Waals surface area contributed by atoms with Crippen LogP contribution in [0.2, 0.25) is 0 Å². The van der Waals surface area contributed by atoms with Crippen LogP contribution in [-0.4, -0.2) is 27.6 Å². The van der Waals surface area contributed by atoms with Crippen molar-refractivity contribution in [3.05, 3.63) is 88.8 Å². The number of rotatable bonds is 7. The molecule has 0 radical (unpaired) electrons. The minimum absolute atomic E-state index is 0.0901. The summed E-state index contributed by atoms with van der Waals surface area (Å²) in [5.41, 5.74) is 9.09. The highest BCUT2D eigenvalue weighted by Crippen LogP contribution is 2.41. The Hall–Kier alpha value is -4.24. The minimum Gasteiger partial charge on any atom is -0.496 e. The van der Waals surface area contributed by atoms with E-state index in [4.69, 9.17) is 15.2 Å². The van der Waals surface area contributed by atoms with Crippen molar-refractivity contribution in [1.82, 2.24) is 14.6 Å². The summed E-state index contributed by atoms with van der Waals surface area (Å²) in [4.78, 5) is 17.1. The molecule has 0 atom stereocenters. The Labute approximate surface area is 204 Å². The van der Waals surface area contributed by atoms with Gasteiger partial charge in [-0.15, -0.1) is 11.3 Å². The molecule has 0 aliphatic heterocycles. The van der Waals surface area contributed by atoms with Gasteiger partial charge in [-0.1, -0.05) is 36.4 Å². The maximum Gasteiger partial charge on any atom is 0.261 e. The topological polar surface area (TPSA) is 91.7 Å². The molecule has 35 heavy (non-hydrogen) atoms. The summed E-state index contributed by atoms with van der Waals surface area (Å²) in [6, 6.07) is 18.0. The van der Waals surface area contributed by atoms with Crippen LogP contribution in [-0.2, 0) is 6.61 Å². The van der Waals surface area contributed by atoms with Crippen molar-refractivity contribution in [1.29, 1.82) is 0 Å². The van der Waals surface area contributed by atoms with E-state index in [9.17, 15) is 9.18 Å². The molecule has 0 aliphatic rings. The number of nitrogens with two attached hydrogens (primary N) is 1. The number of thiazole rings is 1. The molecule has 9 heteroatoms. The highest BCUT2D eigenvalue weighted by Gasteiger charge is 2.26. The number of carbonyl (C=O) groups excluding carboxylic acids is 1. The lowest BCUT2D eigenvalue weighted by Crippen LogP contribution is -2.10. The lowest BCUT2D eigenvalue weighted by Gasteiger charge is -2.08. The van der Waals surface area contributed by atoms with E-state index in [-0.39, 0.29) is 21.9 Å². The smallest absolute Gasteiger partial charge is 0.261 e.